The molecule has 0 amide bonds. The Morgan fingerprint density at radius 3 is 2.42 bits per heavy atom. The van der Waals surface area contributed by atoms with Crippen LogP contribution < -0.4 is 4.72 Å². The minimum atomic E-state index is -3.85. The number of methoxy groups -OCH3 is 1. The van der Waals surface area contributed by atoms with Gasteiger partial charge in [0.15, 0.2) is 5.78 Å². The number of carbonyl (C=O) groups excluding carboxylic acids is 2. The van der Waals surface area contributed by atoms with E-state index in [-0.39, 0.29) is 28.0 Å². The molecule has 5 rings (SSSR count). The number of sulfonamides is 1. The molecule has 8 heteroatoms. The van der Waals surface area contributed by atoms with Gasteiger partial charge in [0.05, 0.1) is 17.5 Å². The molecule has 0 spiro atoms. The van der Waals surface area contributed by atoms with E-state index < -0.39 is 15.6 Å². The summed E-state index contributed by atoms with van der Waals surface area (Å²) in [6.45, 7) is 3.31. The highest BCUT2D eigenvalue weighted by Crippen LogP contribution is 2.63. The van der Waals surface area contributed by atoms with Gasteiger partial charge in [-0.3, -0.25) is 4.79 Å². The molecule has 6 nitrogen and oxygen atoms in total. The Kier molecular flexibility index (Phi) is 6.66. The van der Waals surface area contributed by atoms with Crippen LogP contribution in [0.5, 0.6) is 0 Å². The molecule has 0 aromatic heterocycles. The Balaban J connectivity index is 1.46. The minimum Gasteiger partial charge on any atom is -0.466 e. The normalized spacial score (nSPS) is 31.2. The highest BCUT2D eigenvalue weighted by molar-refractivity contribution is 9.10. The van der Waals surface area contributed by atoms with Crippen molar-refractivity contribution in [2.75, 3.05) is 7.11 Å². The molecule has 0 saturated heterocycles. The second kappa shape index (κ2) is 8.93. The molecule has 4 aliphatic rings. The van der Waals surface area contributed by atoms with Crippen molar-refractivity contribution in [2.45, 2.75) is 62.8 Å². The van der Waals surface area contributed by atoms with Crippen molar-refractivity contribution in [2.24, 2.45) is 29.1 Å². The number of Topliss-reactive ketones (excluding diaryl/α,β-unsaturated/α-hetero) is 1. The van der Waals surface area contributed by atoms with Crippen LogP contribution in [0.4, 0.5) is 0 Å². The maximum Gasteiger partial charge on any atom is 0.330 e. The highest BCUT2D eigenvalue weighted by Gasteiger charge is 2.55. The molecular weight excluding hydrogens is 506 g/mol. The van der Waals surface area contributed by atoms with Gasteiger partial charge in [-0.05, 0) is 103 Å². The average molecular weight is 539 g/mol. The van der Waals surface area contributed by atoms with Crippen molar-refractivity contribution in [1.82, 2.24) is 4.72 Å². The SMILES string of the molecule is COC(=O)/C=C/C12CC3CC(C1)C(CC(=O)C(C)(C)NS(=O)(=O)c1ccccc1Br)C(C3)C2. The van der Waals surface area contributed by atoms with Gasteiger partial charge in [0.1, 0.15) is 0 Å². The van der Waals surface area contributed by atoms with E-state index in [0.29, 0.717) is 28.6 Å². The second-order valence-electron chi connectivity index (χ2n) is 10.6. The first-order chi connectivity index (χ1) is 15.4. The number of hydrogen-bond acceptors (Lipinski definition) is 5. The Hall–Kier alpha value is -1.51. The first-order valence-electron chi connectivity index (χ1n) is 11.5. The molecule has 0 aliphatic heterocycles. The summed E-state index contributed by atoms with van der Waals surface area (Å²) in [6.07, 6.45) is 9.29. The Morgan fingerprint density at radius 2 is 1.82 bits per heavy atom. The first-order valence-corrected chi connectivity index (χ1v) is 13.8. The fraction of sp³-hybridized carbons (Fsp3) is 0.600. The zero-order chi connectivity index (χ0) is 24.0. The molecule has 33 heavy (non-hydrogen) atoms. The molecule has 4 aliphatic carbocycles. The number of hydrogen-bond donors (Lipinski definition) is 1. The molecule has 2 atom stereocenters. The smallest absolute Gasteiger partial charge is 0.330 e. The van der Waals surface area contributed by atoms with Crippen molar-refractivity contribution in [3.8, 4) is 0 Å². The van der Waals surface area contributed by atoms with E-state index in [1.165, 1.54) is 13.2 Å². The molecule has 0 heterocycles. The number of carbonyl (C=O) groups is 2. The van der Waals surface area contributed by atoms with Gasteiger partial charge in [0.25, 0.3) is 0 Å². The van der Waals surface area contributed by atoms with Crippen molar-refractivity contribution < 1.29 is 22.7 Å². The number of benzene rings is 1. The van der Waals surface area contributed by atoms with Gasteiger partial charge in [-0.15, -0.1) is 0 Å². The third-order valence-corrected chi connectivity index (χ3v) is 10.6. The molecule has 4 saturated carbocycles. The molecule has 1 N–H and O–H groups in total. The van der Waals surface area contributed by atoms with E-state index in [1.54, 1.807) is 38.1 Å². The molecule has 180 valence electrons. The van der Waals surface area contributed by atoms with Crippen LogP contribution in [0.2, 0.25) is 0 Å². The predicted octanol–water partition coefficient (Wildman–Crippen LogP) is 4.64. The number of esters is 1. The molecule has 1 aromatic carbocycles. The topological polar surface area (TPSA) is 89.5 Å². The van der Waals surface area contributed by atoms with E-state index in [0.717, 1.165) is 32.1 Å². The largest absolute Gasteiger partial charge is 0.466 e. The average Bonchev–Trinajstić information content (AvgIpc) is 2.73. The van der Waals surface area contributed by atoms with Gasteiger partial charge < -0.3 is 4.74 Å². The van der Waals surface area contributed by atoms with Crippen molar-refractivity contribution in [3.05, 3.63) is 40.9 Å². The number of halogens is 1. The Bertz CT molecular complexity index is 1060. The Morgan fingerprint density at radius 1 is 1.18 bits per heavy atom. The lowest BCUT2D eigenvalue weighted by atomic mass is 9.45. The molecule has 4 bridgehead atoms. The van der Waals surface area contributed by atoms with Crippen molar-refractivity contribution in [3.63, 3.8) is 0 Å². The first kappa shape index (κ1) is 24.6. The van der Waals surface area contributed by atoms with Gasteiger partial charge >= 0.3 is 5.97 Å². The summed E-state index contributed by atoms with van der Waals surface area (Å²) < 4.78 is 33.8. The van der Waals surface area contributed by atoms with E-state index in [4.69, 9.17) is 4.74 Å². The number of rotatable bonds is 8. The second-order valence-corrected chi connectivity index (χ2v) is 13.1. The summed E-state index contributed by atoms with van der Waals surface area (Å²) in [7, 11) is -2.46. The van der Waals surface area contributed by atoms with Gasteiger partial charge in [-0.25, -0.2) is 13.2 Å². The maximum absolute atomic E-state index is 13.4. The number of nitrogens with one attached hydrogen (secondary N) is 1. The molecular formula is C25H32BrNO5S. The zero-order valence-electron chi connectivity index (χ0n) is 19.3. The maximum atomic E-state index is 13.4. The summed E-state index contributed by atoms with van der Waals surface area (Å²) >= 11 is 3.29. The van der Waals surface area contributed by atoms with Crippen LogP contribution >= 0.6 is 15.9 Å². The van der Waals surface area contributed by atoms with Crippen LogP contribution in [0.25, 0.3) is 0 Å². The third kappa shape index (κ3) is 4.98. The van der Waals surface area contributed by atoms with Gasteiger partial charge in [0.2, 0.25) is 10.0 Å². The summed E-state index contributed by atoms with van der Waals surface area (Å²) in [5, 5.41) is 0. The fourth-order valence-corrected chi connectivity index (χ4v) is 9.02. The molecule has 1 aromatic rings. The molecule has 0 radical (unpaired) electrons. The van der Waals surface area contributed by atoms with Crippen LogP contribution in [0, 0.1) is 29.1 Å². The quantitative estimate of drug-likeness (QED) is 0.385. The Labute approximate surface area is 204 Å². The van der Waals surface area contributed by atoms with E-state index in [9.17, 15) is 18.0 Å². The van der Waals surface area contributed by atoms with Gasteiger partial charge in [-0.1, -0.05) is 18.2 Å². The number of ether oxygens (including phenoxy) is 1. The van der Waals surface area contributed by atoms with Crippen LogP contribution in [-0.4, -0.2) is 32.8 Å². The van der Waals surface area contributed by atoms with E-state index >= 15 is 0 Å². The monoisotopic (exact) mass is 537 g/mol. The molecule has 2 unspecified atom stereocenters. The summed E-state index contributed by atoms with van der Waals surface area (Å²) in [5.74, 6) is 1.36. The lowest BCUT2D eigenvalue weighted by Gasteiger charge is -2.59. The van der Waals surface area contributed by atoms with Gasteiger partial charge in [0, 0.05) is 17.0 Å². The van der Waals surface area contributed by atoms with Crippen LogP contribution in [0.3, 0.4) is 0 Å². The van der Waals surface area contributed by atoms with Crippen LogP contribution in [0.15, 0.2) is 45.8 Å². The predicted molar refractivity (Wildman–Crippen MR) is 129 cm³/mol. The summed E-state index contributed by atoms with van der Waals surface area (Å²) in [6, 6.07) is 6.60. The van der Waals surface area contributed by atoms with Gasteiger partial charge in [-0.2, -0.15) is 4.72 Å². The zero-order valence-corrected chi connectivity index (χ0v) is 21.7. The van der Waals surface area contributed by atoms with Crippen LogP contribution in [-0.2, 0) is 24.3 Å². The summed E-state index contributed by atoms with van der Waals surface area (Å²) in [5.41, 5.74) is -1.17. The lowest BCUT2D eigenvalue weighted by Crippen LogP contribution is -2.54. The molecule has 4 fully saturated rings. The summed E-state index contributed by atoms with van der Waals surface area (Å²) in [4.78, 5) is 25.1. The highest BCUT2D eigenvalue weighted by atomic mass is 79.9. The standard InChI is InChI=1S/C25H32BrNO5S/c1-24(2,27-33(30,31)21-7-5-4-6-20(21)26)22(28)12-19-17-10-16-11-18(19)15-25(13-16,14-17)9-8-23(29)32-3/h4-9,16-19,27H,10-15H2,1-3H3/b9-8+. The minimum absolute atomic E-state index is 0.0287. The van der Waals surface area contributed by atoms with Crippen LogP contribution in [0.1, 0.15) is 52.4 Å². The lowest BCUT2D eigenvalue weighted by molar-refractivity contribution is -0.135. The van der Waals surface area contributed by atoms with E-state index in [2.05, 4.69) is 26.7 Å². The number of ketones is 1. The van der Waals surface area contributed by atoms with Crippen molar-refractivity contribution in [1.29, 1.82) is 0 Å². The third-order valence-electron chi connectivity index (χ3n) is 7.92. The fourth-order valence-electron chi connectivity index (χ4n) is 6.62. The number of allylic oxidation sites excluding steroid dienone is 1. The van der Waals surface area contributed by atoms with Crippen molar-refractivity contribution >= 4 is 37.7 Å². The van der Waals surface area contributed by atoms with E-state index in [1.807, 2.05) is 0 Å².